The summed E-state index contributed by atoms with van der Waals surface area (Å²) in [6.45, 7) is 4.15. The molecule has 0 amide bonds. The minimum atomic E-state index is -0.423. The van der Waals surface area contributed by atoms with Crippen molar-refractivity contribution in [2.45, 2.75) is 45.2 Å². The number of pyridine rings is 1. The van der Waals surface area contributed by atoms with Gasteiger partial charge in [-0.1, -0.05) is 0 Å². The van der Waals surface area contributed by atoms with Crippen molar-refractivity contribution >= 4 is 5.96 Å². The SMILES string of the molecule is CC1CCCC(C)N1C(=N)n1cc(F)ccc1=N. The normalized spacial score (nSPS) is 24.1. The van der Waals surface area contributed by atoms with Crippen LogP contribution in [-0.2, 0) is 0 Å². The lowest BCUT2D eigenvalue weighted by Crippen LogP contribution is -2.51. The van der Waals surface area contributed by atoms with Gasteiger partial charge in [0.25, 0.3) is 0 Å². The first-order valence-electron chi connectivity index (χ1n) is 6.30. The van der Waals surface area contributed by atoms with E-state index < -0.39 is 5.82 Å². The zero-order valence-electron chi connectivity index (χ0n) is 10.8. The first-order valence-corrected chi connectivity index (χ1v) is 6.30. The molecule has 0 aromatic carbocycles. The molecule has 2 heterocycles. The van der Waals surface area contributed by atoms with E-state index in [9.17, 15) is 4.39 Å². The van der Waals surface area contributed by atoms with E-state index in [4.69, 9.17) is 10.8 Å². The molecule has 1 fully saturated rings. The fourth-order valence-corrected chi connectivity index (χ4v) is 2.61. The number of aromatic nitrogens is 1. The minimum absolute atomic E-state index is 0.131. The predicted molar refractivity (Wildman–Crippen MR) is 68.0 cm³/mol. The Balaban J connectivity index is 2.35. The van der Waals surface area contributed by atoms with E-state index in [1.165, 1.54) is 22.9 Å². The second kappa shape index (κ2) is 4.92. The molecule has 5 heteroatoms. The van der Waals surface area contributed by atoms with Crippen LogP contribution in [0.5, 0.6) is 0 Å². The quantitative estimate of drug-likeness (QED) is 0.538. The Bertz CT molecular complexity index is 498. The molecule has 2 rings (SSSR count). The van der Waals surface area contributed by atoms with Crippen LogP contribution in [0, 0.1) is 16.6 Å². The molecule has 0 bridgehead atoms. The van der Waals surface area contributed by atoms with Crippen molar-refractivity contribution in [2.24, 2.45) is 0 Å². The Hall–Kier alpha value is -1.65. The van der Waals surface area contributed by atoms with E-state index in [2.05, 4.69) is 13.8 Å². The molecule has 1 saturated heterocycles. The van der Waals surface area contributed by atoms with E-state index in [1.807, 2.05) is 4.90 Å². The van der Waals surface area contributed by atoms with Gasteiger partial charge in [0.1, 0.15) is 11.3 Å². The molecular weight excluding hydrogens is 231 g/mol. The second-order valence-corrected chi connectivity index (χ2v) is 4.96. The van der Waals surface area contributed by atoms with Gasteiger partial charge in [-0.05, 0) is 45.2 Å². The molecule has 0 radical (unpaired) electrons. The molecule has 2 N–H and O–H groups in total. The van der Waals surface area contributed by atoms with Gasteiger partial charge in [0.05, 0.1) is 0 Å². The third kappa shape index (κ3) is 2.30. The van der Waals surface area contributed by atoms with Crippen LogP contribution in [0.1, 0.15) is 33.1 Å². The zero-order valence-corrected chi connectivity index (χ0v) is 10.8. The highest BCUT2D eigenvalue weighted by molar-refractivity contribution is 5.79. The van der Waals surface area contributed by atoms with Crippen molar-refractivity contribution in [3.8, 4) is 0 Å². The van der Waals surface area contributed by atoms with E-state index in [1.54, 1.807) is 0 Å². The van der Waals surface area contributed by atoms with Gasteiger partial charge < -0.3 is 4.90 Å². The van der Waals surface area contributed by atoms with E-state index in [0.29, 0.717) is 0 Å². The Morgan fingerprint density at radius 3 is 2.50 bits per heavy atom. The smallest absolute Gasteiger partial charge is 0.204 e. The average Bonchev–Trinajstić information content (AvgIpc) is 2.32. The van der Waals surface area contributed by atoms with Crippen molar-refractivity contribution in [1.29, 1.82) is 10.8 Å². The molecule has 1 aromatic rings. The van der Waals surface area contributed by atoms with E-state index in [0.717, 1.165) is 19.3 Å². The number of likely N-dealkylation sites (tertiary alicyclic amines) is 1. The molecule has 0 saturated carbocycles. The van der Waals surface area contributed by atoms with Gasteiger partial charge >= 0.3 is 0 Å². The number of nitrogens with zero attached hydrogens (tertiary/aromatic N) is 2. The number of halogens is 1. The summed E-state index contributed by atoms with van der Waals surface area (Å²) in [5.74, 6) is -0.229. The van der Waals surface area contributed by atoms with Crippen molar-refractivity contribution in [2.75, 3.05) is 0 Å². The molecule has 1 aliphatic rings. The van der Waals surface area contributed by atoms with Crippen LogP contribution in [0.4, 0.5) is 4.39 Å². The van der Waals surface area contributed by atoms with Crippen LogP contribution in [0.15, 0.2) is 18.3 Å². The minimum Gasteiger partial charge on any atom is -0.337 e. The first-order chi connectivity index (χ1) is 8.50. The van der Waals surface area contributed by atoms with Crippen molar-refractivity contribution < 1.29 is 4.39 Å². The highest BCUT2D eigenvalue weighted by Crippen LogP contribution is 2.22. The lowest BCUT2D eigenvalue weighted by atomic mass is 9.98. The summed E-state index contributed by atoms with van der Waals surface area (Å²) in [5.41, 5.74) is 0.131. The lowest BCUT2D eigenvalue weighted by Gasteiger charge is -2.40. The average molecular weight is 250 g/mol. The van der Waals surface area contributed by atoms with Crippen LogP contribution >= 0.6 is 0 Å². The number of hydrogen-bond donors (Lipinski definition) is 2. The number of piperidine rings is 1. The summed E-state index contributed by atoms with van der Waals surface area (Å²) in [7, 11) is 0. The van der Waals surface area contributed by atoms with Crippen LogP contribution in [0.2, 0.25) is 0 Å². The number of hydrogen-bond acceptors (Lipinski definition) is 2. The molecular formula is C13H19FN4. The molecule has 18 heavy (non-hydrogen) atoms. The highest BCUT2D eigenvalue weighted by atomic mass is 19.1. The van der Waals surface area contributed by atoms with Gasteiger partial charge in [-0.2, -0.15) is 0 Å². The molecule has 1 aliphatic heterocycles. The van der Waals surface area contributed by atoms with Gasteiger partial charge in [0.2, 0.25) is 5.96 Å². The summed E-state index contributed by atoms with van der Waals surface area (Å²) in [5, 5.41) is 16.0. The Labute approximate surface area is 106 Å². The molecule has 4 nitrogen and oxygen atoms in total. The van der Waals surface area contributed by atoms with Gasteiger partial charge in [-0.3, -0.25) is 15.4 Å². The van der Waals surface area contributed by atoms with Crippen LogP contribution in [0.3, 0.4) is 0 Å². The third-order valence-electron chi connectivity index (χ3n) is 3.58. The second-order valence-electron chi connectivity index (χ2n) is 4.96. The monoisotopic (exact) mass is 250 g/mol. The molecule has 2 atom stereocenters. The van der Waals surface area contributed by atoms with Crippen LogP contribution < -0.4 is 5.49 Å². The Kier molecular flexibility index (Phi) is 3.50. The van der Waals surface area contributed by atoms with Gasteiger partial charge in [0.15, 0.2) is 0 Å². The van der Waals surface area contributed by atoms with Crippen molar-refractivity contribution in [3.63, 3.8) is 0 Å². The molecule has 98 valence electrons. The van der Waals surface area contributed by atoms with E-state index in [-0.39, 0.29) is 23.5 Å². The molecule has 2 unspecified atom stereocenters. The Morgan fingerprint density at radius 1 is 1.28 bits per heavy atom. The standard InChI is InChI=1S/C13H19FN4/c1-9-4-3-5-10(2)18(9)13(16)17-8-11(14)6-7-12(17)15/h6-10,15-16H,3-5H2,1-2H3. The maximum Gasteiger partial charge on any atom is 0.204 e. The molecule has 0 aliphatic carbocycles. The fraction of sp³-hybridized carbons (Fsp3) is 0.538. The topological polar surface area (TPSA) is 55.9 Å². The third-order valence-corrected chi connectivity index (χ3v) is 3.58. The Morgan fingerprint density at radius 2 is 1.89 bits per heavy atom. The fourth-order valence-electron chi connectivity index (χ4n) is 2.61. The zero-order chi connectivity index (χ0) is 13.3. The number of rotatable bonds is 0. The van der Waals surface area contributed by atoms with Crippen molar-refractivity contribution in [1.82, 2.24) is 9.47 Å². The van der Waals surface area contributed by atoms with Crippen LogP contribution in [-0.4, -0.2) is 27.5 Å². The lowest BCUT2D eigenvalue weighted by molar-refractivity contribution is 0.184. The van der Waals surface area contributed by atoms with Crippen molar-refractivity contribution in [3.05, 3.63) is 29.6 Å². The summed E-state index contributed by atoms with van der Waals surface area (Å²) in [6.07, 6.45) is 4.44. The van der Waals surface area contributed by atoms with Gasteiger partial charge in [-0.25, -0.2) is 4.39 Å². The number of nitrogens with one attached hydrogen (secondary N) is 2. The summed E-state index contributed by atoms with van der Waals surface area (Å²) in [4.78, 5) is 1.97. The van der Waals surface area contributed by atoms with E-state index >= 15 is 0 Å². The first kappa shape index (κ1) is 12.8. The maximum atomic E-state index is 13.2. The van der Waals surface area contributed by atoms with Gasteiger partial charge in [0, 0.05) is 18.3 Å². The maximum absolute atomic E-state index is 13.2. The summed E-state index contributed by atoms with van der Waals surface area (Å²) in [6, 6.07) is 3.14. The van der Waals surface area contributed by atoms with Crippen LogP contribution in [0.25, 0.3) is 0 Å². The highest BCUT2D eigenvalue weighted by Gasteiger charge is 2.27. The summed E-state index contributed by atoms with van der Waals surface area (Å²) >= 11 is 0. The predicted octanol–water partition coefficient (Wildman–Crippen LogP) is 2.15. The van der Waals surface area contributed by atoms with Gasteiger partial charge in [-0.15, -0.1) is 0 Å². The largest absolute Gasteiger partial charge is 0.337 e. The molecule has 1 aromatic heterocycles. The summed E-state index contributed by atoms with van der Waals surface area (Å²) < 4.78 is 14.5. The molecule has 0 spiro atoms.